The molecule has 0 fully saturated rings. The van der Waals surface area contributed by atoms with E-state index in [4.69, 9.17) is 4.74 Å². The van der Waals surface area contributed by atoms with Crippen LogP contribution in [0, 0.1) is 6.92 Å². The van der Waals surface area contributed by atoms with Crippen molar-refractivity contribution in [3.05, 3.63) is 136 Å². The summed E-state index contributed by atoms with van der Waals surface area (Å²) in [6.45, 7) is 2.03. The minimum atomic E-state index is -3.90. The van der Waals surface area contributed by atoms with Gasteiger partial charge >= 0.3 is 6.09 Å². The zero-order valence-electron chi connectivity index (χ0n) is 20.5. The minimum Gasteiger partial charge on any atom is -0.444 e. The Kier molecular flexibility index (Phi) is 7.46. The number of nitrogens with zero attached hydrogens (tertiary/aromatic N) is 1. The molecule has 1 aromatic heterocycles. The molecular formula is C30H25BrN2O4S. The molecule has 0 spiro atoms. The number of rotatable bonds is 7. The molecular weight excluding hydrogens is 564 g/mol. The number of hydrogen-bond donors (Lipinski definition) is 1. The summed E-state index contributed by atoms with van der Waals surface area (Å²) in [5.41, 5.74) is 3.82. The van der Waals surface area contributed by atoms with Crippen molar-refractivity contribution in [1.29, 1.82) is 0 Å². The van der Waals surface area contributed by atoms with E-state index < -0.39 is 22.2 Å². The maximum Gasteiger partial charge on any atom is 0.418 e. The fourth-order valence-electron chi connectivity index (χ4n) is 4.28. The van der Waals surface area contributed by atoms with Gasteiger partial charge in [-0.2, -0.15) is 4.72 Å². The van der Waals surface area contributed by atoms with Crippen LogP contribution in [0.1, 0.15) is 28.3 Å². The molecule has 0 bridgehead atoms. The third-order valence-corrected chi connectivity index (χ3v) is 8.23. The van der Waals surface area contributed by atoms with Gasteiger partial charge in [-0.25, -0.2) is 13.2 Å². The van der Waals surface area contributed by atoms with Crippen LogP contribution in [-0.4, -0.2) is 19.1 Å². The monoisotopic (exact) mass is 588 g/mol. The minimum absolute atomic E-state index is 0.123. The lowest BCUT2D eigenvalue weighted by atomic mass is 9.99. The Morgan fingerprint density at radius 2 is 1.55 bits per heavy atom. The van der Waals surface area contributed by atoms with Crippen molar-refractivity contribution in [2.75, 3.05) is 0 Å². The highest BCUT2D eigenvalue weighted by Gasteiger charge is 2.27. The SMILES string of the molecule is Cc1ccc(S(=O)(=O)N[C@H](c2ccc(Br)cc2)c2cn(C(=O)OCc3ccccc3)c3ccccc23)cc1. The van der Waals surface area contributed by atoms with Crippen molar-refractivity contribution in [2.24, 2.45) is 0 Å². The normalized spacial score (nSPS) is 12.4. The predicted molar refractivity (Wildman–Crippen MR) is 151 cm³/mol. The topological polar surface area (TPSA) is 77.4 Å². The number of sulfonamides is 1. The molecule has 192 valence electrons. The van der Waals surface area contributed by atoms with Gasteiger partial charge in [0.1, 0.15) is 6.61 Å². The number of carbonyl (C=O) groups excluding carboxylic acids is 1. The molecule has 38 heavy (non-hydrogen) atoms. The van der Waals surface area contributed by atoms with Crippen molar-refractivity contribution >= 4 is 42.9 Å². The molecule has 1 N–H and O–H groups in total. The standard InChI is InChI=1S/C30H25BrN2O4S/c1-21-11-17-25(18-12-21)38(35,36)32-29(23-13-15-24(31)16-14-23)27-19-33(28-10-6-5-9-26(27)28)30(34)37-20-22-7-3-2-4-8-22/h2-19,29,32H,20H2,1H3/t29-/m1/s1. The van der Waals surface area contributed by atoms with E-state index in [-0.39, 0.29) is 11.5 Å². The molecule has 5 rings (SSSR count). The first-order chi connectivity index (χ1) is 18.3. The van der Waals surface area contributed by atoms with Crippen molar-refractivity contribution in [3.63, 3.8) is 0 Å². The van der Waals surface area contributed by atoms with Crippen molar-refractivity contribution in [1.82, 2.24) is 9.29 Å². The summed E-state index contributed by atoms with van der Waals surface area (Å²) >= 11 is 3.45. The Balaban J connectivity index is 1.57. The summed E-state index contributed by atoms with van der Waals surface area (Å²) in [7, 11) is -3.90. The van der Waals surface area contributed by atoms with Crippen molar-refractivity contribution in [3.8, 4) is 0 Å². The number of carbonyl (C=O) groups is 1. The fourth-order valence-corrected chi connectivity index (χ4v) is 5.75. The third-order valence-electron chi connectivity index (χ3n) is 6.26. The quantitative estimate of drug-likeness (QED) is 0.223. The molecule has 5 aromatic rings. The second-order valence-electron chi connectivity index (χ2n) is 8.93. The molecule has 0 amide bonds. The molecule has 0 aliphatic heterocycles. The van der Waals surface area contributed by atoms with Gasteiger partial charge in [0.25, 0.3) is 0 Å². The summed E-state index contributed by atoms with van der Waals surface area (Å²) in [5.74, 6) is 0. The van der Waals surface area contributed by atoms with E-state index in [0.717, 1.165) is 26.5 Å². The first-order valence-electron chi connectivity index (χ1n) is 12.0. The van der Waals surface area contributed by atoms with Crippen molar-refractivity contribution in [2.45, 2.75) is 24.5 Å². The van der Waals surface area contributed by atoms with Crippen LogP contribution >= 0.6 is 15.9 Å². The van der Waals surface area contributed by atoms with Crippen LogP contribution in [0.3, 0.4) is 0 Å². The molecule has 0 aliphatic carbocycles. The molecule has 4 aromatic carbocycles. The number of halogens is 1. The van der Waals surface area contributed by atoms with Gasteiger partial charge in [-0.05, 0) is 48.4 Å². The first kappa shape index (κ1) is 25.9. The van der Waals surface area contributed by atoms with Gasteiger partial charge in [0, 0.05) is 21.6 Å². The van der Waals surface area contributed by atoms with Gasteiger partial charge < -0.3 is 4.74 Å². The lowest BCUT2D eigenvalue weighted by Crippen LogP contribution is -2.29. The van der Waals surface area contributed by atoms with Gasteiger partial charge in [-0.1, -0.05) is 94.3 Å². The fraction of sp³-hybridized carbons (Fsp3) is 0.100. The van der Waals surface area contributed by atoms with E-state index in [1.807, 2.05) is 85.8 Å². The van der Waals surface area contributed by atoms with Crippen LogP contribution in [-0.2, 0) is 21.4 Å². The molecule has 0 unspecified atom stereocenters. The molecule has 0 radical (unpaired) electrons. The number of benzene rings is 4. The van der Waals surface area contributed by atoms with Crippen molar-refractivity contribution < 1.29 is 17.9 Å². The van der Waals surface area contributed by atoms with Crippen LogP contribution in [0.5, 0.6) is 0 Å². The van der Waals surface area contributed by atoms with E-state index in [1.165, 1.54) is 4.57 Å². The summed E-state index contributed by atoms with van der Waals surface area (Å²) in [4.78, 5) is 13.3. The maximum atomic E-state index is 13.5. The van der Waals surface area contributed by atoms with Gasteiger partial charge in [0.15, 0.2) is 0 Å². The molecule has 0 aliphatic rings. The third kappa shape index (κ3) is 5.57. The van der Waals surface area contributed by atoms with Gasteiger partial charge in [0.05, 0.1) is 16.5 Å². The summed E-state index contributed by atoms with van der Waals surface area (Å²) < 4.78 is 37.7. The lowest BCUT2D eigenvalue weighted by molar-refractivity contribution is 0.142. The Labute approximate surface area is 230 Å². The number of aromatic nitrogens is 1. The van der Waals surface area contributed by atoms with E-state index >= 15 is 0 Å². The van der Waals surface area contributed by atoms with E-state index in [1.54, 1.807) is 30.5 Å². The summed E-state index contributed by atoms with van der Waals surface area (Å²) in [6.07, 6.45) is 1.11. The van der Waals surface area contributed by atoms with E-state index in [2.05, 4.69) is 20.7 Å². The Hall–Kier alpha value is -3.72. The number of ether oxygens (including phenoxy) is 1. The molecule has 1 heterocycles. The van der Waals surface area contributed by atoms with Gasteiger partial charge in [0.2, 0.25) is 10.0 Å². The number of hydrogen-bond acceptors (Lipinski definition) is 4. The van der Waals surface area contributed by atoms with Crippen LogP contribution < -0.4 is 4.72 Å². The number of para-hydroxylation sites is 1. The zero-order valence-corrected chi connectivity index (χ0v) is 22.9. The smallest absolute Gasteiger partial charge is 0.418 e. The highest BCUT2D eigenvalue weighted by atomic mass is 79.9. The van der Waals surface area contributed by atoms with E-state index in [0.29, 0.717) is 11.1 Å². The predicted octanol–water partition coefficient (Wildman–Crippen LogP) is 6.97. The molecule has 6 nitrogen and oxygen atoms in total. The average Bonchev–Trinajstić information content (AvgIpc) is 3.31. The second kappa shape index (κ2) is 10.9. The molecule has 0 saturated carbocycles. The van der Waals surface area contributed by atoms with Gasteiger partial charge in [-0.15, -0.1) is 0 Å². The zero-order chi connectivity index (χ0) is 26.7. The summed E-state index contributed by atoms with van der Waals surface area (Å²) in [6, 6.07) is 30.2. The highest BCUT2D eigenvalue weighted by Crippen LogP contribution is 2.33. The maximum absolute atomic E-state index is 13.5. The van der Waals surface area contributed by atoms with Crippen LogP contribution in [0.4, 0.5) is 4.79 Å². The van der Waals surface area contributed by atoms with Gasteiger partial charge in [-0.3, -0.25) is 4.57 Å². The Morgan fingerprint density at radius 3 is 2.26 bits per heavy atom. The molecule has 8 heteroatoms. The van der Waals surface area contributed by atoms with Crippen LogP contribution in [0.2, 0.25) is 0 Å². The number of aryl methyl sites for hydroxylation is 1. The highest BCUT2D eigenvalue weighted by molar-refractivity contribution is 9.10. The molecule has 0 saturated heterocycles. The average molecular weight is 590 g/mol. The van der Waals surface area contributed by atoms with Crippen LogP contribution in [0.25, 0.3) is 10.9 Å². The largest absolute Gasteiger partial charge is 0.444 e. The molecule has 1 atom stereocenters. The van der Waals surface area contributed by atoms with E-state index in [9.17, 15) is 13.2 Å². The first-order valence-corrected chi connectivity index (χ1v) is 14.2. The lowest BCUT2D eigenvalue weighted by Gasteiger charge is -2.19. The van der Waals surface area contributed by atoms with Crippen LogP contribution in [0.15, 0.2) is 119 Å². The summed E-state index contributed by atoms with van der Waals surface area (Å²) in [5, 5.41) is 0.740. The number of fused-ring (bicyclic) bond motifs is 1. The second-order valence-corrected chi connectivity index (χ2v) is 11.6. The Morgan fingerprint density at radius 1 is 0.895 bits per heavy atom. The number of nitrogens with one attached hydrogen (secondary N) is 1. The Bertz CT molecular complexity index is 1680.